The Kier molecular flexibility index (Phi) is 6.51. The molecule has 2 heterocycles. The Morgan fingerprint density at radius 2 is 1.84 bits per heavy atom. The highest BCUT2D eigenvalue weighted by atomic mass is 35.5. The smallest absolute Gasteiger partial charge is 0.274 e. The van der Waals surface area contributed by atoms with Crippen molar-refractivity contribution < 1.29 is 9.59 Å². The van der Waals surface area contributed by atoms with E-state index in [4.69, 9.17) is 34.8 Å². The number of nitrogens with zero attached hydrogens (tertiary/aromatic N) is 4. The zero-order valence-corrected chi connectivity index (χ0v) is 18.5. The second-order valence-electron chi connectivity index (χ2n) is 6.89. The van der Waals surface area contributed by atoms with Crippen molar-refractivity contribution in [1.29, 1.82) is 5.26 Å². The highest BCUT2D eigenvalue weighted by molar-refractivity contribution is 6.38. The Morgan fingerprint density at radius 3 is 2.52 bits per heavy atom. The molecule has 8 nitrogen and oxygen atoms in total. The molecule has 0 atom stereocenters. The van der Waals surface area contributed by atoms with Gasteiger partial charge in [0, 0.05) is 11.2 Å². The molecule has 1 aromatic carbocycles. The lowest BCUT2D eigenvalue weighted by atomic mass is 10.1. The van der Waals surface area contributed by atoms with Crippen LogP contribution < -0.4 is 10.6 Å². The van der Waals surface area contributed by atoms with Gasteiger partial charge in [-0.3, -0.25) is 9.59 Å². The quantitative estimate of drug-likeness (QED) is 0.561. The summed E-state index contributed by atoms with van der Waals surface area (Å²) in [6.45, 7) is 3.06. The van der Waals surface area contributed by atoms with Crippen molar-refractivity contribution in [1.82, 2.24) is 20.1 Å². The van der Waals surface area contributed by atoms with E-state index < -0.39 is 17.4 Å². The minimum atomic E-state index is -1.15. The maximum Gasteiger partial charge on any atom is 0.274 e. The van der Waals surface area contributed by atoms with Gasteiger partial charge in [-0.15, -0.1) is 0 Å². The SMILES string of the molecule is CC(C)(C#N)NC(=O)c1cc(Cl)cc(Cl)c1NC(=O)c1ccnn1-c1ncccc1Cl. The van der Waals surface area contributed by atoms with E-state index in [1.807, 2.05) is 6.07 Å². The van der Waals surface area contributed by atoms with Gasteiger partial charge in [0.15, 0.2) is 5.82 Å². The molecular formula is C20H15Cl3N6O2. The summed E-state index contributed by atoms with van der Waals surface area (Å²) in [6, 6.07) is 9.42. The summed E-state index contributed by atoms with van der Waals surface area (Å²) in [6.07, 6.45) is 2.92. The zero-order chi connectivity index (χ0) is 22.8. The van der Waals surface area contributed by atoms with Crippen molar-refractivity contribution in [2.24, 2.45) is 0 Å². The van der Waals surface area contributed by atoms with Crippen LogP contribution in [0.15, 0.2) is 42.7 Å². The second kappa shape index (κ2) is 8.94. The molecule has 0 spiro atoms. The van der Waals surface area contributed by atoms with Crippen LogP contribution in [0.4, 0.5) is 5.69 Å². The highest BCUT2D eigenvalue weighted by Crippen LogP contribution is 2.31. The third-order valence-corrected chi connectivity index (χ3v) is 4.87. The summed E-state index contributed by atoms with van der Waals surface area (Å²) in [4.78, 5) is 29.9. The number of nitriles is 1. The highest BCUT2D eigenvalue weighted by Gasteiger charge is 2.25. The van der Waals surface area contributed by atoms with Crippen molar-refractivity contribution in [2.45, 2.75) is 19.4 Å². The van der Waals surface area contributed by atoms with E-state index in [0.29, 0.717) is 5.02 Å². The molecule has 3 aromatic rings. The molecule has 0 aliphatic carbocycles. The van der Waals surface area contributed by atoms with E-state index in [0.717, 1.165) is 0 Å². The number of rotatable bonds is 5. The number of benzene rings is 1. The van der Waals surface area contributed by atoms with Gasteiger partial charge in [0.2, 0.25) is 0 Å². The first-order chi connectivity index (χ1) is 14.6. The van der Waals surface area contributed by atoms with Gasteiger partial charge in [-0.25, -0.2) is 9.67 Å². The fourth-order valence-electron chi connectivity index (χ4n) is 2.61. The molecule has 2 N–H and O–H groups in total. The van der Waals surface area contributed by atoms with Crippen molar-refractivity contribution >= 4 is 52.3 Å². The van der Waals surface area contributed by atoms with Crippen LogP contribution in [-0.4, -0.2) is 32.1 Å². The molecule has 0 aliphatic heterocycles. The average molecular weight is 478 g/mol. The van der Waals surface area contributed by atoms with Gasteiger partial charge in [-0.1, -0.05) is 34.8 Å². The number of aromatic nitrogens is 3. The van der Waals surface area contributed by atoms with Crippen LogP contribution in [0, 0.1) is 11.3 Å². The molecule has 2 amide bonds. The van der Waals surface area contributed by atoms with Crippen LogP contribution in [0.3, 0.4) is 0 Å². The first kappa shape index (κ1) is 22.6. The van der Waals surface area contributed by atoms with Gasteiger partial charge in [0.05, 0.1) is 33.6 Å². The molecule has 0 bridgehead atoms. The molecule has 11 heteroatoms. The molecule has 0 saturated carbocycles. The van der Waals surface area contributed by atoms with E-state index in [1.165, 1.54) is 49.1 Å². The third-order valence-electron chi connectivity index (χ3n) is 4.06. The Hall–Kier alpha value is -3.12. The van der Waals surface area contributed by atoms with Crippen LogP contribution in [0.25, 0.3) is 5.82 Å². The Balaban J connectivity index is 1.99. The Morgan fingerprint density at radius 1 is 1.10 bits per heavy atom. The number of halogens is 3. The molecular weight excluding hydrogens is 463 g/mol. The minimum Gasteiger partial charge on any atom is -0.334 e. The fraction of sp³-hybridized carbons (Fsp3) is 0.150. The first-order valence-electron chi connectivity index (χ1n) is 8.82. The number of nitrogens with one attached hydrogen (secondary N) is 2. The lowest BCUT2D eigenvalue weighted by Crippen LogP contribution is -2.42. The van der Waals surface area contributed by atoms with Crippen LogP contribution in [-0.2, 0) is 0 Å². The second-order valence-corrected chi connectivity index (χ2v) is 8.14. The summed E-state index contributed by atoms with van der Waals surface area (Å²) in [5.41, 5.74) is -1.02. The zero-order valence-electron chi connectivity index (χ0n) is 16.3. The number of anilines is 1. The van der Waals surface area contributed by atoms with E-state index in [1.54, 1.807) is 12.1 Å². The van der Waals surface area contributed by atoms with Crippen molar-refractivity contribution in [3.05, 3.63) is 69.1 Å². The Labute approximate surface area is 192 Å². The van der Waals surface area contributed by atoms with Gasteiger partial charge in [0.1, 0.15) is 11.2 Å². The predicted octanol–water partition coefficient (Wildman–Crippen LogP) is 4.51. The summed E-state index contributed by atoms with van der Waals surface area (Å²) < 4.78 is 1.26. The van der Waals surface area contributed by atoms with E-state index in [9.17, 15) is 14.9 Å². The molecule has 0 aliphatic rings. The van der Waals surface area contributed by atoms with E-state index >= 15 is 0 Å². The van der Waals surface area contributed by atoms with Crippen LogP contribution in [0.1, 0.15) is 34.7 Å². The molecule has 31 heavy (non-hydrogen) atoms. The third kappa shape index (κ3) is 4.97. The number of carbonyl (C=O) groups excluding carboxylic acids is 2. The first-order valence-corrected chi connectivity index (χ1v) is 9.95. The number of pyridine rings is 1. The maximum absolute atomic E-state index is 13.0. The van der Waals surface area contributed by atoms with Crippen LogP contribution in [0.5, 0.6) is 0 Å². The predicted molar refractivity (Wildman–Crippen MR) is 118 cm³/mol. The normalized spacial score (nSPS) is 11.0. The maximum atomic E-state index is 13.0. The number of hydrogen-bond acceptors (Lipinski definition) is 5. The number of hydrogen-bond donors (Lipinski definition) is 2. The van der Waals surface area contributed by atoms with E-state index in [-0.39, 0.29) is 32.8 Å². The lowest BCUT2D eigenvalue weighted by Gasteiger charge is -2.20. The van der Waals surface area contributed by atoms with E-state index in [2.05, 4.69) is 20.7 Å². The van der Waals surface area contributed by atoms with Crippen LogP contribution >= 0.6 is 34.8 Å². The van der Waals surface area contributed by atoms with Crippen LogP contribution in [0.2, 0.25) is 15.1 Å². The number of amides is 2. The standard InChI is InChI=1S/C20H15Cl3N6O2/c1-20(2,10-24)28-18(30)12-8-11(21)9-14(23)16(12)27-19(31)15-5-7-26-29(15)17-13(22)4-3-6-25-17/h3-9H,1-2H3,(H,27,31)(H,28,30). The summed E-state index contributed by atoms with van der Waals surface area (Å²) >= 11 is 18.5. The summed E-state index contributed by atoms with van der Waals surface area (Å²) in [5.74, 6) is -0.986. The topological polar surface area (TPSA) is 113 Å². The Bertz CT molecular complexity index is 1220. The molecule has 0 saturated heterocycles. The van der Waals surface area contributed by atoms with Crippen molar-refractivity contribution in [3.63, 3.8) is 0 Å². The summed E-state index contributed by atoms with van der Waals surface area (Å²) in [7, 11) is 0. The van der Waals surface area contributed by atoms with Crippen molar-refractivity contribution in [2.75, 3.05) is 5.32 Å². The molecule has 3 rings (SSSR count). The molecule has 0 unspecified atom stereocenters. The molecule has 2 aromatic heterocycles. The van der Waals surface area contributed by atoms with Gasteiger partial charge < -0.3 is 10.6 Å². The summed E-state index contributed by atoms with van der Waals surface area (Å²) in [5, 5.41) is 19.0. The fourth-order valence-corrected chi connectivity index (χ4v) is 3.36. The van der Waals surface area contributed by atoms with Gasteiger partial charge in [0.25, 0.3) is 11.8 Å². The monoisotopic (exact) mass is 476 g/mol. The molecule has 158 valence electrons. The van der Waals surface area contributed by atoms with Gasteiger partial charge >= 0.3 is 0 Å². The van der Waals surface area contributed by atoms with Gasteiger partial charge in [-0.2, -0.15) is 10.4 Å². The lowest BCUT2D eigenvalue weighted by molar-refractivity contribution is 0.0930. The van der Waals surface area contributed by atoms with Gasteiger partial charge in [-0.05, 0) is 44.2 Å². The van der Waals surface area contributed by atoms with Crippen molar-refractivity contribution in [3.8, 4) is 11.9 Å². The average Bonchev–Trinajstić information content (AvgIpc) is 3.19. The number of carbonyl (C=O) groups is 2. The molecule has 0 radical (unpaired) electrons. The minimum absolute atomic E-state index is 0.00360. The largest absolute Gasteiger partial charge is 0.334 e. The molecule has 0 fully saturated rings.